The zero-order chi connectivity index (χ0) is 19.7. The molecular weight excluding hydrogens is 361 g/mol. The summed E-state index contributed by atoms with van der Waals surface area (Å²) in [6, 6.07) is 7.30. The summed E-state index contributed by atoms with van der Waals surface area (Å²) >= 11 is 0. The van der Waals surface area contributed by atoms with Gasteiger partial charge in [-0.1, -0.05) is 30.3 Å². The Labute approximate surface area is 156 Å². The molecule has 2 heterocycles. The van der Waals surface area contributed by atoms with Crippen LogP contribution in [-0.4, -0.2) is 61.1 Å². The quantitative estimate of drug-likeness (QED) is 0.802. The summed E-state index contributed by atoms with van der Waals surface area (Å²) in [5.41, 5.74) is -0.134. The van der Waals surface area contributed by atoms with Crippen molar-refractivity contribution in [1.82, 2.24) is 9.80 Å². The number of amides is 2. The van der Waals surface area contributed by atoms with Gasteiger partial charge in [0.15, 0.2) is 6.10 Å². The molecule has 0 aromatic heterocycles. The molecule has 0 N–H and O–H groups in total. The van der Waals surface area contributed by atoms with Crippen LogP contribution in [0.4, 0.5) is 13.2 Å². The van der Waals surface area contributed by atoms with Crippen molar-refractivity contribution in [3.05, 3.63) is 35.9 Å². The average Bonchev–Trinajstić information content (AvgIpc) is 2.88. The first kappa shape index (κ1) is 19.7. The Balaban J connectivity index is 1.55. The number of hydrogen-bond acceptors (Lipinski definition) is 3. The van der Waals surface area contributed by atoms with Crippen LogP contribution in [0.2, 0.25) is 0 Å². The number of halogens is 3. The summed E-state index contributed by atoms with van der Waals surface area (Å²) in [6.07, 6.45) is -4.89. The lowest BCUT2D eigenvalue weighted by atomic mass is 9.77. The summed E-state index contributed by atoms with van der Waals surface area (Å²) in [6.45, 7) is 0.927. The van der Waals surface area contributed by atoms with Gasteiger partial charge in [0.1, 0.15) is 6.61 Å². The van der Waals surface area contributed by atoms with E-state index in [1.165, 1.54) is 29.2 Å². The standard InChI is InChI=1S/C19H23F3N2O3/c1-23-13-18(11-15(23)25)7-9-24(10-8-18)16(26)12-27-17(19(20,21)22)14-5-3-2-4-6-14/h2-6,17H,7-13H2,1H3/t17-/m1/s1. The van der Waals surface area contributed by atoms with E-state index in [4.69, 9.17) is 4.74 Å². The lowest BCUT2D eigenvalue weighted by Crippen LogP contribution is -2.45. The van der Waals surface area contributed by atoms with Crippen LogP contribution < -0.4 is 0 Å². The first-order valence-electron chi connectivity index (χ1n) is 8.95. The number of piperidine rings is 1. The normalized spacial score (nSPS) is 21.0. The Bertz CT molecular complexity index is 685. The summed E-state index contributed by atoms with van der Waals surface area (Å²) < 4.78 is 44.8. The van der Waals surface area contributed by atoms with Crippen LogP contribution in [0.15, 0.2) is 30.3 Å². The van der Waals surface area contributed by atoms with Crippen molar-refractivity contribution in [1.29, 1.82) is 0 Å². The van der Waals surface area contributed by atoms with Crippen molar-refractivity contribution < 1.29 is 27.5 Å². The second-order valence-corrected chi connectivity index (χ2v) is 7.45. The fourth-order valence-electron chi connectivity index (χ4n) is 3.92. The predicted octanol–water partition coefficient (Wildman–Crippen LogP) is 2.78. The number of alkyl halides is 3. The molecular formula is C19H23F3N2O3. The second-order valence-electron chi connectivity index (χ2n) is 7.45. The average molecular weight is 384 g/mol. The third-order valence-corrected chi connectivity index (χ3v) is 5.47. The molecule has 0 aliphatic carbocycles. The molecule has 5 nitrogen and oxygen atoms in total. The van der Waals surface area contributed by atoms with Crippen LogP contribution in [0.1, 0.15) is 30.9 Å². The molecule has 0 bridgehead atoms. The molecule has 8 heteroatoms. The Hall–Kier alpha value is -2.09. The molecule has 0 radical (unpaired) electrons. The van der Waals surface area contributed by atoms with Gasteiger partial charge in [-0.25, -0.2) is 0 Å². The van der Waals surface area contributed by atoms with E-state index in [-0.39, 0.29) is 16.9 Å². The highest BCUT2D eigenvalue weighted by atomic mass is 19.4. The number of benzene rings is 1. The van der Waals surface area contributed by atoms with Gasteiger partial charge in [0.2, 0.25) is 11.8 Å². The lowest BCUT2D eigenvalue weighted by molar-refractivity contribution is -0.224. The number of rotatable bonds is 4. The highest BCUT2D eigenvalue weighted by Gasteiger charge is 2.45. The summed E-state index contributed by atoms with van der Waals surface area (Å²) in [5, 5.41) is 0. The van der Waals surface area contributed by atoms with E-state index in [1.54, 1.807) is 18.0 Å². The van der Waals surface area contributed by atoms with Gasteiger partial charge in [0, 0.05) is 38.5 Å². The minimum atomic E-state index is -4.59. The molecule has 2 saturated heterocycles. The van der Waals surface area contributed by atoms with Gasteiger partial charge >= 0.3 is 6.18 Å². The highest BCUT2D eigenvalue weighted by molar-refractivity contribution is 5.80. The Morgan fingerprint density at radius 2 is 1.85 bits per heavy atom. The smallest absolute Gasteiger partial charge is 0.354 e. The molecule has 1 spiro atoms. The number of carbonyl (C=O) groups is 2. The lowest BCUT2D eigenvalue weighted by Gasteiger charge is -2.38. The van der Waals surface area contributed by atoms with Crippen molar-refractivity contribution in [3.8, 4) is 0 Å². The van der Waals surface area contributed by atoms with Crippen LogP contribution in [-0.2, 0) is 14.3 Å². The van der Waals surface area contributed by atoms with E-state index in [9.17, 15) is 22.8 Å². The molecule has 3 rings (SSSR count). The first-order chi connectivity index (χ1) is 12.7. The zero-order valence-electron chi connectivity index (χ0n) is 15.2. The van der Waals surface area contributed by atoms with Gasteiger partial charge < -0.3 is 14.5 Å². The van der Waals surface area contributed by atoms with Gasteiger partial charge in [-0.15, -0.1) is 0 Å². The molecule has 1 atom stereocenters. The van der Waals surface area contributed by atoms with Gasteiger partial charge in [0.25, 0.3) is 0 Å². The second kappa shape index (κ2) is 7.50. The Morgan fingerprint density at radius 1 is 1.22 bits per heavy atom. The number of likely N-dealkylation sites (tertiary alicyclic amines) is 2. The van der Waals surface area contributed by atoms with Gasteiger partial charge in [0.05, 0.1) is 0 Å². The molecule has 2 aliphatic heterocycles. The Morgan fingerprint density at radius 3 is 2.37 bits per heavy atom. The largest absolute Gasteiger partial charge is 0.418 e. The van der Waals surface area contributed by atoms with Gasteiger partial charge in [-0.3, -0.25) is 9.59 Å². The predicted molar refractivity (Wildman–Crippen MR) is 91.7 cm³/mol. The topological polar surface area (TPSA) is 49.9 Å². The van der Waals surface area contributed by atoms with Crippen LogP contribution in [0.3, 0.4) is 0 Å². The van der Waals surface area contributed by atoms with Crippen LogP contribution in [0.25, 0.3) is 0 Å². The molecule has 1 aromatic rings. The van der Waals surface area contributed by atoms with Crippen molar-refractivity contribution >= 4 is 11.8 Å². The molecule has 1 aromatic carbocycles. The van der Waals surface area contributed by atoms with Gasteiger partial charge in [-0.05, 0) is 18.4 Å². The van der Waals surface area contributed by atoms with Crippen LogP contribution >= 0.6 is 0 Å². The summed E-state index contributed by atoms with van der Waals surface area (Å²) in [5.74, 6) is -0.346. The van der Waals surface area contributed by atoms with Crippen molar-refractivity contribution in [2.24, 2.45) is 5.41 Å². The third kappa shape index (κ3) is 4.43. The maximum Gasteiger partial charge on any atom is 0.418 e. The molecule has 2 amide bonds. The fourth-order valence-corrected chi connectivity index (χ4v) is 3.92. The SMILES string of the molecule is CN1CC2(CCN(C(=O)CO[C@H](c3ccccc3)C(F)(F)F)CC2)CC1=O. The monoisotopic (exact) mass is 384 g/mol. The summed E-state index contributed by atoms with van der Waals surface area (Å²) in [4.78, 5) is 27.4. The maximum atomic E-state index is 13.3. The first-order valence-corrected chi connectivity index (χ1v) is 8.95. The highest BCUT2D eigenvalue weighted by Crippen LogP contribution is 2.40. The third-order valence-electron chi connectivity index (χ3n) is 5.47. The molecule has 0 unspecified atom stereocenters. The molecule has 27 heavy (non-hydrogen) atoms. The van der Waals surface area contributed by atoms with Crippen LogP contribution in [0, 0.1) is 5.41 Å². The fraction of sp³-hybridized carbons (Fsp3) is 0.579. The Kier molecular flexibility index (Phi) is 5.46. The number of hydrogen-bond donors (Lipinski definition) is 0. The zero-order valence-corrected chi connectivity index (χ0v) is 15.2. The minimum Gasteiger partial charge on any atom is -0.354 e. The molecule has 2 aliphatic rings. The number of nitrogens with zero attached hydrogens (tertiary/aromatic N) is 2. The van der Waals surface area contributed by atoms with E-state index < -0.39 is 24.8 Å². The van der Waals surface area contributed by atoms with Gasteiger partial charge in [-0.2, -0.15) is 13.2 Å². The van der Waals surface area contributed by atoms with Crippen molar-refractivity contribution in [2.75, 3.05) is 33.3 Å². The number of carbonyl (C=O) groups excluding carboxylic acids is 2. The maximum absolute atomic E-state index is 13.3. The van der Waals surface area contributed by atoms with Crippen LogP contribution in [0.5, 0.6) is 0 Å². The molecule has 2 fully saturated rings. The van der Waals surface area contributed by atoms with Crippen molar-refractivity contribution in [2.45, 2.75) is 31.5 Å². The van der Waals surface area contributed by atoms with E-state index in [0.717, 1.165) is 0 Å². The number of ether oxygens (including phenoxy) is 1. The minimum absolute atomic E-state index is 0.0251. The molecule has 148 valence electrons. The molecule has 0 saturated carbocycles. The van der Waals surface area contributed by atoms with E-state index in [0.29, 0.717) is 38.9 Å². The summed E-state index contributed by atoms with van der Waals surface area (Å²) in [7, 11) is 1.77. The van der Waals surface area contributed by atoms with E-state index in [2.05, 4.69) is 0 Å². The van der Waals surface area contributed by atoms with E-state index >= 15 is 0 Å². The van der Waals surface area contributed by atoms with Crippen molar-refractivity contribution in [3.63, 3.8) is 0 Å². The van der Waals surface area contributed by atoms with E-state index in [1.807, 2.05) is 0 Å².